The summed E-state index contributed by atoms with van der Waals surface area (Å²) in [4.78, 5) is 19.9. The lowest BCUT2D eigenvalue weighted by atomic mass is 10.2. The predicted molar refractivity (Wildman–Crippen MR) is 88.1 cm³/mol. The molecule has 2 rings (SSSR count). The van der Waals surface area contributed by atoms with Crippen LogP contribution in [0.1, 0.15) is 27.9 Å². The van der Waals surface area contributed by atoms with Crippen LogP contribution in [0.2, 0.25) is 0 Å². The number of rotatable bonds is 6. The third-order valence-corrected chi connectivity index (χ3v) is 4.11. The van der Waals surface area contributed by atoms with Gasteiger partial charge in [0, 0.05) is 36.3 Å². The number of aryl methyl sites for hydroxylation is 1. The van der Waals surface area contributed by atoms with Gasteiger partial charge in [0.25, 0.3) is 5.91 Å². The van der Waals surface area contributed by atoms with Crippen LogP contribution in [0.3, 0.4) is 0 Å². The first-order valence-corrected chi connectivity index (χ1v) is 7.98. The number of carbonyl (C=O) groups excluding carboxylic acids is 1. The van der Waals surface area contributed by atoms with Crippen LogP contribution < -0.4 is 5.32 Å². The molecule has 1 amide bonds. The van der Waals surface area contributed by atoms with Gasteiger partial charge >= 0.3 is 0 Å². The van der Waals surface area contributed by atoms with Gasteiger partial charge in [0.2, 0.25) is 0 Å². The van der Waals surface area contributed by atoms with Crippen LogP contribution >= 0.6 is 11.3 Å². The number of nitrogens with one attached hydrogen (secondary N) is 1. The minimum Gasteiger partial charge on any atom is -0.370 e. The molecule has 0 aliphatic rings. The van der Waals surface area contributed by atoms with Crippen molar-refractivity contribution in [3.05, 3.63) is 45.8 Å². The first-order valence-electron chi connectivity index (χ1n) is 7.10. The molecular weight excluding hydrogens is 282 g/mol. The third kappa shape index (κ3) is 4.29. The van der Waals surface area contributed by atoms with Gasteiger partial charge in [0.05, 0.1) is 0 Å². The molecule has 5 heteroatoms. The molecule has 2 aromatic heterocycles. The summed E-state index contributed by atoms with van der Waals surface area (Å²) in [7, 11) is 1.85. The summed E-state index contributed by atoms with van der Waals surface area (Å²) in [5.74, 6) is 0.795. The zero-order valence-electron chi connectivity index (χ0n) is 12.7. The van der Waals surface area contributed by atoms with Crippen LogP contribution in [0, 0.1) is 6.92 Å². The van der Waals surface area contributed by atoms with Crippen molar-refractivity contribution in [1.29, 1.82) is 0 Å². The monoisotopic (exact) mass is 303 g/mol. The van der Waals surface area contributed by atoms with Crippen molar-refractivity contribution < 1.29 is 4.79 Å². The number of hydrogen-bond donors (Lipinski definition) is 1. The Balaban J connectivity index is 2.04. The van der Waals surface area contributed by atoms with E-state index in [4.69, 9.17) is 0 Å². The number of nitrogens with zero attached hydrogens (tertiary/aromatic N) is 2. The molecule has 0 spiro atoms. The third-order valence-electron chi connectivity index (χ3n) is 3.18. The fourth-order valence-electron chi connectivity index (χ4n) is 2.12. The number of thiophene rings is 1. The van der Waals surface area contributed by atoms with Gasteiger partial charge < -0.3 is 10.2 Å². The van der Waals surface area contributed by atoms with Crippen molar-refractivity contribution in [3.8, 4) is 0 Å². The summed E-state index contributed by atoms with van der Waals surface area (Å²) < 4.78 is 0. The zero-order chi connectivity index (χ0) is 15.2. The van der Waals surface area contributed by atoms with E-state index in [0.29, 0.717) is 5.56 Å². The lowest BCUT2D eigenvalue weighted by molar-refractivity contribution is 0.0796. The molecule has 1 N–H and O–H groups in total. The Kier molecular flexibility index (Phi) is 5.33. The standard InChI is InChI=1S/C16H21N3OS/c1-4-17-15-11-13(10-12(2)18-15)16(20)19(3)8-7-14-6-5-9-21-14/h5-6,9-11H,4,7-8H2,1-3H3,(H,17,18). The zero-order valence-corrected chi connectivity index (χ0v) is 13.5. The van der Waals surface area contributed by atoms with Gasteiger partial charge in [-0.25, -0.2) is 4.98 Å². The van der Waals surface area contributed by atoms with E-state index in [1.54, 1.807) is 16.2 Å². The van der Waals surface area contributed by atoms with Crippen LogP contribution in [0.4, 0.5) is 5.82 Å². The highest BCUT2D eigenvalue weighted by molar-refractivity contribution is 7.09. The molecule has 0 aliphatic heterocycles. The predicted octanol–water partition coefficient (Wildman–Crippen LogP) is 3.20. The first kappa shape index (κ1) is 15.5. The van der Waals surface area contributed by atoms with Gasteiger partial charge in [-0.1, -0.05) is 6.07 Å². The Bertz CT molecular complexity index is 596. The van der Waals surface area contributed by atoms with Gasteiger partial charge in [0.1, 0.15) is 5.82 Å². The van der Waals surface area contributed by atoms with Crippen molar-refractivity contribution in [2.45, 2.75) is 20.3 Å². The van der Waals surface area contributed by atoms with E-state index in [0.717, 1.165) is 31.0 Å². The summed E-state index contributed by atoms with van der Waals surface area (Å²) in [6, 6.07) is 7.80. The molecule has 0 aliphatic carbocycles. The van der Waals surface area contributed by atoms with Crippen LogP contribution in [-0.4, -0.2) is 35.9 Å². The number of pyridine rings is 1. The fourth-order valence-corrected chi connectivity index (χ4v) is 2.82. The molecule has 2 aromatic rings. The number of amides is 1. The molecule has 0 atom stereocenters. The Labute approximate surface area is 129 Å². The van der Waals surface area contributed by atoms with Crippen molar-refractivity contribution in [3.63, 3.8) is 0 Å². The molecule has 0 aromatic carbocycles. The molecular formula is C16H21N3OS. The number of likely N-dealkylation sites (N-methyl/N-ethyl adjacent to an activating group) is 1. The fraction of sp³-hybridized carbons (Fsp3) is 0.375. The second-order valence-electron chi connectivity index (χ2n) is 4.97. The van der Waals surface area contributed by atoms with E-state index in [2.05, 4.69) is 21.7 Å². The molecule has 0 unspecified atom stereocenters. The summed E-state index contributed by atoms with van der Waals surface area (Å²) in [6.45, 7) is 5.43. The van der Waals surface area contributed by atoms with Gasteiger partial charge in [-0.2, -0.15) is 0 Å². The molecule has 0 bridgehead atoms. The largest absolute Gasteiger partial charge is 0.370 e. The van der Waals surface area contributed by atoms with E-state index < -0.39 is 0 Å². The molecule has 0 fully saturated rings. The first-order chi connectivity index (χ1) is 10.1. The molecule has 21 heavy (non-hydrogen) atoms. The van der Waals surface area contributed by atoms with E-state index in [1.165, 1.54) is 4.88 Å². The molecule has 0 radical (unpaired) electrons. The lowest BCUT2D eigenvalue weighted by Gasteiger charge is -2.17. The minimum absolute atomic E-state index is 0.0382. The molecule has 4 nitrogen and oxygen atoms in total. The summed E-state index contributed by atoms with van der Waals surface area (Å²) in [5, 5.41) is 5.22. The van der Waals surface area contributed by atoms with Crippen molar-refractivity contribution in [2.75, 3.05) is 25.5 Å². The average Bonchev–Trinajstić information content (AvgIpc) is 2.97. The maximum Gasteiger partial charge on any atom is 0.253 e. The van der Waals surface area contributed by atoms with Gasteiger partial charge in [-0.3, -0.25) is 4.79 Å². The molecule has 112 valence electrons. The van der Waals surface area contributed by atoms with Crippen LogP contribution in [0.5, 0.6) is 0 Å². The van der Waals surface area contributed by atoms with E-state index in [-0.39, 0.29) is 5.91 Å². The average molecular weight is 303 g/mol. The summed E-state index contributed by atoms with van der Waals surface area (Å²) in [6.07, 6.45) is 0.893. The number of carbonyl (C=O) groups is 1. The molecule has 2 heterocycles. The van der Waals surface area contributed by atoms with Gasteiger partial charge in [0.15, 0.2) is 0 Å². The summed E-state index contributed by atoms with van der Waals surface area (Å²) >= 11 is 1.73. The second kappa shape index (κ2) is 7.22. The Morgan fingerprint density at radius 2 is 2.24 bits per heavy atom. The van der Waals surface area contributed by atoms with E-state index >= 15 is 0 Å². The summed E-state index contributed by atoms with van der Waals surface area (Å²) in [5.41, 5.74) is 1.54. The normalized spacial score (nSPS) is 10.4. The van der Waals surface area contributed by atoms with Crippen molar-refractivity contribution in [1.82, 2.24) is 9.88 Å². The number of hydrogen-bond acceptors (Lipinski definition) is 4. The Morgan fingerprint density at radius 1 is 1.43 bits per heavy atom. The highest BCUT2D eigenvalue weighted by Gasteiger charge is 2.13. The van der Waals surface area contributed by atoms with Crippen LogP contribution in [0.15, 0.2) is 29.6 Å². The quantitative estimate of drug-likeness (QED) is 0.891. The maximum atomic E-state index is 12.5. The Morgan fingerprint density at radius 3 is 2.90 bits per heavy atom. The highest BCUT2D eigenvalue weighted by atomic mass is 32.1. The number of anilines is 1. The van der Waals surface area contributed by atoms with Crippen molar-refractivity contribution >= 4 is 23.1 Å². The Hall–Kier alpha value is -1.88. The van der Waals surface area contributed by atoms with Crippen molar-refractivity contribution in [2.24, 2.45) is 0 Å². The minimum atomic E-state index is 0.0382. The smallest absolute Gasteiger partial charge is 0.253 e. The highest BCUT2D eigenvalue weighted by Crippen LogP contribution is 2.14. The second-order valence-corrected chi connectivity index (χ2v) is 6.00. The molecule has 0 saturated carbocycles. The van der Waals surface area contributed by atoms with Crippen LogP contribution in [-0.2, 0) is 6.42 Å². The number of aromatic nitrogens is 1. The maximum absolute atomic E-state index is 12.5. The van der Waals surface area contributed by atoms with Crippen LogP contribution in [0.25, 0.3) is 0 Å². The van der Waals surface area contributed by atoms with Gasteiger partial charge in [-0.15, -0.1) is 11.3 Å². The topological polar surface area (TPSA) is 45.2 Å². The molecule has 0 saturated heterocycles. The van der Waals surface area contributed by atoms with Gasteiger partial charge in [-0.05, 0) is 43.8 Å². The van der Waals surface area contributed by atoms with E-state index in [9.17, 15) is 4.79 Å². The SMILES string of the molecule is CCNc1cc(C(=O)N(C)CCc2cccs2)cc(C)n1. The van der Waals surface area contributed by atoms with E-state index in [1.807, 2.05) is 39.1 Å². The lowest BCUT2D eigenvalue weighted by Crippen LogP contribution is -2.29.